The highest BCUT2D eigenvalue weighted by Gasteiger charge is 2.09. The third kappa shape index (κ3) is 2.54. The SMILES string of the molecule is CCn1c(-c2ccc(Br)cc2C)ccc(I)c1=O. The number of nitrogens with zero attached hydrogens (tertiary/aromatic N) is 1. The van der Waals surface area contributed by atoms with Crippen LogP contribution in [0.2, 0.25) is 0 Å². The minimum atomic E-state index is 0.0814. The molecule has 0 bridgehead atoms. The van der Waals surface area contributed by atoms with E-state index in [4.69, 9.17) is 0 Å². The van der Waals surface area contributed by atoms with Crippen molar-refractivity contribution in [3.63, 3.8) is 0 Å². The van der Waals surface area contributed by atoms with Crippen LogP contribution in [0, 0.1) is 10.5 Å². The van der Waals surface area contributed by atoms with Crippen molar-refractivity contribution in [3.8, 4) is 11.3 Å². The molecule has 1 aromatic heterocycles. The zero-order chi connectivity index (χ0) is 13.3. The quantitative estimate of drug-likeness (QED) is 0.671. The molecule has 0 amide bonds. The fraction of sp³-hybridized carbons (Fsp3) is 0.214. The molecule has 0 fully saturated rings. The maximum Gasteiger partial charge on any atom is 0.264 e. The molecule has 1 heterocycles. The average Bonchev–Trinajstić information content (AvgIpc) is 2.33. The second kappa shape index (κ2) is 5.57. The average molecular weight is 418 g/mol. The highest BCUT2D eigenvalue weighted by atomic mass is 127. The van der Waals surface area contributed by atoms with Crippen LogP contribution in [0.15, 0.2) is 39.6 Å². The molecule has 0 spiro atoms. The van der Waals surface area contributed by atoms with E-state index in [0.717, 1.165) is 24.9 Å². The number of hydrogen-bond acceptors (Lipinski definition) is 1. The topological polar surface area (TPSA) is 22.0 Å². The van der Waals surface area contributed by atoms with Crippen LogP contribution in [0.5, 0.6) is 0 Å². The summed E-state index contributed by atoms with van der Waals surface area (Å²) in [7, 11) is 0. The van der Waals surface area contributed by atoms with Crippen molar-refractivity contribution in [2.45, 2.75) is 20.4 Å². The second-order valence-electron chi connectivity index (χ2n) is 4.08. The molecule has 0 aliphatic heterocycles. The summed E-state index contributed by atoms with van der Waals surface area (Å²) in [6.07, 6.45) is 0. The zero-order valence-corrected chi connectivity index (χ0v) is 13.9. The van der Waals surface area contributed by atoms with Crippen molar-refractivity contribution < 1.29 is 0 Å². The number of pyridine rings is 1. The number of rotatable bonds is 2. The van der Waals surface area contributed by atoms with Crippen LogP contribution in [0.1, 0.15) is 12.5 Å². The molecule has 4 heteroatoms. The molecule has 1 aromatic carbocycles. The van der Waals surface area contributed by atoms with E-state index in [1.807, 2.05) is 35.8 Å². The molecule has 18 heavy (non-hydrogen) atoms. The van der Waals surface area contributed by atoms with Gasteiger partial charge in [-0.1, -0.05) is 22.0 Å². The predicted octanol–water partition coefficient (Wildman–Crippen LogP) is 4.21. The van der Waals surface area contributed by atoms with Gasteiger partial charge in [0.1, 0.15) is 0 Å². The molecule has 0 radical (unpaired) electrons. The van der Waals surface area contributed by atoms with Gasteiger partial charge in [0.2, 0.25) is 0 Å². The van der Waals surface area contributed by atoms with Gasteiger partial charge >= 0.3 is 0 Å². The minimum absolute atomic E-state index is 0.0814. The maximum atomic E-state index is 12.1. The molecule has 0 saturated heterocycles. The Labute approximate surface area is 128 Å². The molecule has 0 unspecified atom stereocenters. The monoisotopic (exact) mass is 417 g/mol. The first-order valence-corrected chi connectivity index (χ1v) is 7.57. The molecule has 0 atom stereocenters. The number of halogens is 2. The lowest BCUT2D eigenvalue weighted by Crippen LogP contribution is -2.23. The summed E-state index contributed by atoms with van der Waals surface area (Å²) in [5.74, 6) is 0. The van der Waals surface area contributed by atoms with E-state index < -0.39 is 0 Å². The van der Waals surface area contributed by atoms with E-state index in [1.165, 1.54) is 0 Å². The summed E-state index contributed by atoms with van der Waals surface area (Å²) in [6.45, 7) is 4.73. The number of hydrogen-bond donors (Lipinski definition) is 0. The highest BCUT2D eigenvalue weighted by Crippen LogP contribution is 2.25. The molecular weight excluding hydrogens is 405 g/mol. The van der Waals surface area contributed by atoms with Crippen molar-refractivity contribution in [2.24, 2.45) is 0 Å². The fourth-order valence-electron chi connectivity index (χ4n) is 2.02. The summed E-state index contributed by atoms with van der Waals surface area (Å²) < 4.78 is 3.63. The van der Waals surface area contributed by atoms with Crippen LogP contribution in [-0.4, -0.2) is 4.57 Å². The fourth-order valence-corrected chi connectivity index (χ4v) is 2.96. The molecular formula is C14H13BrINO. The predicted molar refractivity (Wildman–Crippen MR) is 87.0 cm³/mol. The van der Waals surface area contributed by atoms with Crippen molar-refractivity contribution in [1.29, 1.82) is 0 Å². The lowest BCUT2D eigenvalue weighted by molar-refractivity contribution is 0.731. The van der Waals surface area contributed by atoms with Gasteiger partial charge in [-0.3, -0.25) is 4.79 Å². The maximum absolute atomic E-state index is 12.1. The van der Waals surface area contributed by atoms with Gasteiger partial charge in [0.05, 0.1) is 9.26 Å². The van der Waals surface area contributed by atoms with Gasteiger partial charge in [0.25, 0.3) is 5.56 Å². The van der Waals surface area contributed by atoms with Crippen molar-refractivity contribution in [3.05, 3.63) is 54.3 Å². The standard InChI is InChI=1S/C14H13BrINO/c1-3-17-13(7-6-12(16)14(17)18)11-5-4-10(15)8-9(11)2/h4-8H,3H2,1-2H3. The van der Waals surface area contributed by atoms with E-state index in [2.05, 4.69) is 51.5 Å². The second-order valence-corrected chi connectivity index (χ2v) is 6.15. The van der Waals surface area contributed by atoms with Crippen molar-refractivity contribution in [2.75, 3.05) is 0 Å². The van der Waals surface area contributed by atoms with Crippen LogP contribution in [0.4, 0.5) is 0 Å². The van der Waals surface area contributed by atoms with Gasteiger partial charge in [-0.15, -0.1) is 0 Å². The van der Waals surface area contributed by atoms with E-state index in [-0.39, 0.29) is 5.56 Å². The Kier molecular flexibility index (Phi) is 4.27. The van der Waals surface area contributed by atoms with E-state index in [0.29, 0.717) is 6.54 Å². The van der Waals surface area contributed by atoms with Crippen molar-refractivity contribution >= 4 is 38.5 Å². The van der Waals surface area contributed by atoms with Gasteiger partial charge in [0, 0.05) is 16.6 Å². The van der Waals surface area contributed by atoms with E-state index in [1.54, 1.807) is 0 Å². The summed E-state index contributed by atoms with van der Waals surface area (Å²) >= 11 is 5.54. The molecule has 2 nitrogen and oxygen atoms in total. The van der Waals surface area contributed by atoms with Gasteiger partial charge < -0.3 is 4.57 Å². The van der Waals surface area contributed by atoms with Gasteiger partial charge in [-0.2, -0.15) is 0 Å². The Hall–Kier alpha value is -0.620. The Bertz CT molecular complexity index is 649. The molecule has 94 valence electrons. The van der Waals surface area contributed by atoms with Gasteiger partial charge in [-0.05, 0) is 66.3 Å². The third-order valence-corrected chi connectivity index (χ3v) is 4.22. The Morgan fingerprint density at radius 2 is 2.00 bits per heavy atom. The molecule has 0 N–H and O–H groups in total. The number of aryl methyl sites for hydroxylation is 1. The lowest BCUT2D eigenvalue weighted by Gasteiger charge is -2.13. The number of aromatic nitrogens is 1. The first-order valence-electron chi connectivity index (χ1n) is 5.70. The van der Waals surface area contributed by atoms with Gasteiger partial charge in [-0.25, -0.2) is 0 Å². The first kappa shape index (κ1) is 13.8. The smallest absolute Gasteiger partial charge is 0.264 e. The minimum Gasteiger partial charge on any atom is -0.308 e. The summed E-state index contributed by atoms with van der Waals surface area (Å²) in [4.78, 5) is 12.1. The Morgan fingerprint density at radius 1 is 1.28 bits per heavy atom. The molecule has 0 aliphatic carbocycles. The largest absolute Gasteiger partial charge is 0.308 e. The van der Waals surface area contributed by atoms with E-state index in [9.17, 15) is 4.79 Å². The van der Waals surface area contributed by atoms with Crippen LogP contribution in [-0.2, 0) is 6.54 Å². The molecule has 2 rings (SSSR count). The molecule has 2 aromatic rings. The highest BCUT2D eigenvalue weighted by molar-refractivity contribution is 14.1. The van der Waals surface area contributed by atoms with Crippen LogP contribution in [0.3, 0.4) is 0 Å². The molecule has 0 aliphatic rings. The third-order valence-electron chi connectivity index (χ3n) is 2.91. The van der Waals surface area contributed by atoms with Crippen LogP contribution in [0.25, 0.3) is 11.3 Å². The summed E-state index contributed by atoms with van der Waals surface area (Å²) in [5.41, 5.74) is 3.33. The zero-order valence-electron chi connectivity index (χ0n) is 10.2. The Morgan fingerprint density at radius 3 is 2.61 bits per heavy atom. The van der Waals surface area contributed by atoms with Crippen LogP contribution >= 0.6 is 38.5 Å². The first-order chi connectivity index (χ1) is 8.54. The lowest BCUT2D eigenvalue weighted by atomic mass is 10.0. The van der Waals surface area contributed by atoms with Gasteiger partial charge in [0.15, 0.2) is 0 Å². The Balaban J connectivity index is 2.71. The summed E-state index contributed by atoms with van der Waals surface area (Å²) in [5, 5.41) is 0. The van der Waals surface area contributed by atoms with Crippen molar-refractivity contribution in [1.82, 2.24) is 4.57 Å². The molecule has 0 saturated carbocycles. The van der Waals surface area contributed by atoms with Crippen LogP contribution < -0.4 is 5.56 Å². The normalized spacial score (nSPS) is 10.7. The number of benzene rings is 1. The summed E-state index contributed by atoms with van der Waals surface area (Å²) in [6, 6.07) is 10.0. The van der Waals surface area contributed by atoms with E-state index >= 15 is 0 Å².